The van der Waals surface area contributed by atoms with Gasteiger partial charge in [-0.3, -0.25) is 9.59 Å². The third-order valence-corrected chi connectivity index (χ3v) is 3.13. The van der Waals surface area contributed by atoms with Gasteiger partial charge in [0.05, 0.1) is 6.21 Å². The van der Waals surface area contributed by atoms with Crippen LogP contribution in [-0.4, -0.2) is 23.1 Å². The molecule has 0 saturated heterocycles. The maximum absolute atomic E-state index is 11.6. The van der Waals surface area contributed by atoms with E-state index in [1.54, 1.807) is 42.5 Å². The Balaban J connectivity index is 1.82. The fourth-order valence-electron chi connectivity index (χ4n) is 1.67. The lowest BCUT2D eigenvalue weighted by Crippen LogP contribution is -2.37. The van der Waals surface area contributed by atoms with Gasteiger partial charge in [-0.2, -0.15) is 5.10 Å². The monoisotopic (exact) mass is 331 g/mol. The van der Waals surface area contributed by atoms with Crippen LogP contribution in [0.2, 0.25) is 5.02 Å². The Morgan fingerprint density at radius 1 is 1.09 bits per heavy atom. The van der Waals surface area contributed by atoms with E-state index in [2.05, 4.69) is 15.8 Å². The molecule has 2 aromatic carbocycles. The Hall–Kier alpha value is -2.86. The number of phenols is 1. The van der Waals surface area contributed by atoms with E-state index >= 15 is 0 Å². The van der Waals surface area contributed by atoms with Crippen LogP contribution in [0.15, 0.2) is 53.6 Å². The number of para-hydroxylation sites is 1. The van der Waals surface area contributed by atoms with Gasteiger partial charge in [0.1, 0.15) is 5.75 Å². The highest BCUT2D eigenvalue weighted by molar-refractivity contribution is 6.35. The second kappa shape index (κ2) is 7.95. The van der Waals surface area contributed by atoms with Gasteiger partial charge in [-0.05, 0) is 29.8 Å². The molecule has 0 aromatic heterocycles. The molecule has 0 saturated carbocycles. The smallest absolute Gasteiger partial charge is 0.329 e. The van der Waals surface area contributed by atoms with Crippen molar-refractivity contribution in [1.82, 2.24) is 10.7 Å². The highest BCUT2D eigenvalue weighted by Crippen LogP contribution is 2.12. The average Bonchev–Trinajstić information content (AvgIpc) is 2.55. The van der Waals surface area contributed by atoms with E-state index in [-0.39, 0.29) is 12.3 Å². The number of rotatable bonds is 4. The Kier molecular flexibility index (Phi) is 5.71. The molecular weight excluding hydrogens is 318 g/mol. The standard InChI is InChI=1S/C16H14ClN3O3/c17-13-7-5-11(6-8-13)9-18-15(22)16(23)20-19-10-12-3-1-2-4-14(12)21/h1-8,10,21H,9H2,(H,18,22)(H,20,23)/b19-10-. The summed E-state index contributed by atoms with van der Waals surface area (Å²) >= 11 is 5.76. The Morgan fingerprint density at radius 3 is 2.48 bits per heavy atom. The van der Waals surface area contributed by atoms with Crippen LogP contribution in [0.5, 0.6) is 5.75 Å². The molecule has 2 amide bonds. The molecule has 23 heavy (non-hydrogen) atoms. The minimum absolute atomic E-state index is 0.0256. The molecule has 2 aromatic rings. The lowest BCUT2D eigenvalue weighted by molar-refractivity contribution is -0.139. The van der Waals surface area contributed by atoms with Crippen molar-refractivity contribution in [3.63, 3.8) is 0 Å². The van der Waals surface area contributed by atoms with Gasteiger partial charge < -0.3 is 10.4 Å². The van der Waals surface area contributed by atoms with E-state index < -0.39 is 11.8 Å². The third kappa shape index (κ3) is 5.12. The van der Waals surface area contributed by atoms with Gasteiger partial charge in [-0.15, -0.1) is 0 Å². The number of halogens is 1. The van der Waals surface area contributed by atoms with Gasteiger partial charge in [0.25, 0.3) is 0 Å². The number of nitrogens with zero attached hydrogens (tertiary/aromatic N) is 1. The predicted molar refractivity (Wildman–Crippen MR) is 87.1 cm³/mol. The molecule has 0 aliphatic carbocycles. The Bertz CT molecular complexity index is 730. The number of nitrogens with one attached hydrogen (secondary N) is 2. The molecule has 0 fully saturated rings. The Morgan fingerprint density at radius 2 is 1.78 bits per heavy atom. The third-order valence-electron chi connectivity index (χ3n) is 2.88. The first-order valence-corrected chi connectivity index (χ1v) is 7.08. The van der Waals surface area contributed by atoms with E-state index in [1.807, 2.05) is 0 Å². The number of hydrazone groups is 1. The first-order chi connectivity index (χ1) is 11.1. The normalized spacial score (nSPS) is 10.5. The lowest BCUT2D eigenvalue weighted by Gasteiger charge is -2.04. The van der Waals surface area contributed by atoms with Crippen molar-refractivity contribution >= 4 is 29.6 Å². The molecule has 7 heteroatoms. The van der Waals surface area contributed by atoms with Crippen molar-refractivity contribution in [3.8, 4) is 5.75 Å². The van der Waals surface area contributed by atoms with Gasteiger partial charge in [-0.1, -0.05) is 35.9 Å². The van der Waals surface area contributed by atoms with Crippen molar-refractivity contribution in [2.45, 2.75) is 6.54 Å². The van der Waals surface area contributed by atoms with Crippen LogP contribution in [0.4, 0.5) is 0 Å². The zero-order chi connectivity index (χ0) is 16.7. The zero-order valence-electron chi connectivity index (χ0n) is 12.0. The molecule has 0 radical (unpaired) electrons. The zero-order valence-corrected chi connectivity index (χ0v) is 12.7. The van der Waals surface area contributed by atoms with Crippen LogP contribution in [0.1, 0.15) is 11.1 Å². The maximum Gasteiger partial charge on any atom is 0.329 e. The van der Waals surface area contributed by atoms with Crippen molar-refractivity contribution < 1.29 is 14.7 Å². The van der Waals surface area contributed by atoms with Crippen LogP contribution in [0.25, 0.3) is 0 Å². The summed E-state index contributed by atoms with van der Waals surface area (Å²) in [6.07, 6.45) is 1.25. The molecule has 2 rings (SSSR count). The summed E-state index contributed by atoms with van der Waals surface area (Å²) in [4.78, 5) is 23.2. The van der Waals surface area contributed by atoms with Gasteiger partial charge >= 0.3 is 11.8 Å². The van der Waals surface area contributed by atoms with Crippen molar-refractivity contribution in [2.24, 2.45) is 5.10 Å². The molecule has 0 unspecified atom stereocenters. The average molecular weight is 332 g/mol. The van der Waals surface area contributed by atoms with Gasteiger partial charge in [0.15, 0.2) is 0 Å². The van der Waals surface area contributed by atoms with Gasteiger partial charge in [0.2, 0.25) is 0 Å². The van der Waals surface area contributed by atoms with E-state index in [9.17, 15) is 14.7 Å². The summed E-state index contributed by atoms with van der Waals surface area (Å²) in [6.45, 7) is 0.201. The highest BCUT2D eigenvalue weighted by atomic mass is 35.5. The number of carbonyl (C=O) groups excluding carboxylic acids is 2. The van der Waals surface area contributed by atoms with Crippen LogP contribution in [0, 0.1) is 0 Å². The summed E-state index contributed by atoms with van der Waals surface area (Å²) in [5.41, 5.74) is 3.33. The summed E-state index contributed by atoms with van der Waals surface area (Å²) in [7, 11) is 0. The van der Waals surface area contributed by atoms with E-state index in [0.29, 0.717) is 10.6 Å². The molecule has 6 nitrogen and oxygen atoms in total. The quantitative estimate of drug-likeness (QED) is 0.453. The molecule has 0 aliphatic heterocycles. The lowest BCUT2D eigenvalue weighted by atomic mass is 10.2. The molecule has 0 bridgehead atoms. The maximum atomic E-state index is 11.6. The van der Waals surface area contributed by atoms with E-state index in [1.165, 1.54) is 12.3 Å². The number of aromatic hydroxyl groups is 1. The van der Waals surface area contributed by atoms with Gasteiger partial charge in [-0.25, -0.2) is 5.43 Å². The fourth-order valence-corrected chi connectivity index (χ4v) is 1.80. The van der Waals surface area contributed by atoms with Crippen molar-refractivity contribution in [1.29, 1.82) is 0 Å². The molecule has 0 heterocycles. The molecule has 0 aliphatic rings. The number of benzene rings is 2. The van der Waals surface area contributed by atoms with E-state index in [4.69, 9.17) is 11.6 Å². The number of carbonyl (C=O) groups is 2. The number of hydrogen-bond acceptors (Lipinski definition) is 4. The minimum Gasteiger partial charge on any atom is -0.507 e. The van der Waals surface area contributed by atoms with Crippen LogP contribution < -0.4 is 10.7 Å². The van der Waals surface area contributed by atoms with Crippen molar-refractivity contribution in [3.05, 3.63) is 64.7 Å². The number of phenolic OH excluding ortho intramolecular Hbond substituents is 1. The van der Waals surface area contributed by atoms with Crippen LogP contribution in [0.3, 0.4) is 0 Å². The van der Waals surface area contributed by atoms with E-state index in [0.717, 1.165) is 5.56 Å². The summed E-state index contributed by atoms with van der Waals surface area (Å²) in [5, 5.41) is 16.2. The van der Waals surface area contributed by atoms with Gasteiger partial charge in [0, 0.05) is 17.1 Å². The SMILES string of the molecule is O=C(NCc1ccc(Cl)cc1)C(=O)N/N=C\c1ccccc1O. The van der Waals surface area contributed by atoms with Crippen LogP contribution in [-0.2, 0) is 16.1 Å². The van der Waals surface area contributed by atoms with Crippen molar-refractivity contribution in [2.75, 3.05) is 0 Å². The predicted octanol–water partition coefficient (Wildman–Crippen LogP) is 1.81. The minimum atomic E-state index is -0.898. The largest absolute Gasteiger partial charge is 0.507 e. The Labute approximate surface area is 137 Å². The molecular formula is C16H14ClN3O3. The number of hydrogen-bond donors (Lipinski definition) is 3. The summed E-state index contributed by atoms with van der Waals surface area (Å²) in [6, 6.07) is 13.4. The highest BCUT2D eigenvalue weighted by Gasteiger charge is 2.11. The molecule has 3 N–H and O–H groups in total. The number of amides is 2. The first kappa shape index (κ1) is 16.5. The first-order valence-electron chi connectivity index (χ1n) is 6.70. The second-order valence-corrected chi connectivity index (χ2v) is 5.00. The fraction of sp³-hybridized carbons (Fsp3) is 0.0625. The molecule has 118 valence electrons. The topological polar surface area (TPSA) is 90.8 Å². The summed E-state index contributed by atoms with van der Waals surface area (Å²) < 4.78 is 0. The molecule has 0 spiro atoms. The summed E-state index contributed by atoms with van der Waals surface area (Å²) in [5.74, 6) is -1.68. The van der Waals surface area contributed by atoms with Crippen LogP contribution >= 0.6 is 11.6 Å². The molecule has 0 atom stereocenters. The second-order valence-electron chi connectivity index (χ2n) is 4.57.